The van der Waals surface area contributed by atoms with E-state index in [2.05, 4.69) is 10.5 Å². The lowest BCUT2D eigenvalue weighted by molar-refractivity contribution is -0.121. The largest absolute Gasteiger partial charge is 0.361 e. The fourth-order valence-electron chi connectivity index (χ4n) is 2.93. The first-order chi connectivity index (χ1) is 12.0. The third kappa shape index (κ3) is 3.31. The van der Waals surface area contributed by atoms with Gasteiger partial charge in [0.1, 0.15) is 5.76 Å². The van der Waals surface area contributed by atoms with Gasteiger partial charge in [-0.3, -0.25) is 19.3 Å². The molecule has 0 bridgehead atoms. The Kier molecular flexibility index (Phi) is 4.65. The molecule has 0 unspecified atom stereocenters. The molecule has 3 amide bonds. The van der Waals surface area contributed by atoms with Gasteiger partial charge in [-0.25, -0.2) is 0 Å². The van der Waals surface area contributed by atoms with Crippen molar-refractivity contribution in [1.29, 1.82) is 0 Å². The number of fused-ring (bicyclic) bond motifs is 1. The minimum absolute atomic E-state index is 0.0729. The first-order valence-electron chi connectivity index (χ1n) is 8.12. The first kappa shape index (κ1) is 16.9. The Morgan fingerprint density at radius 1 is 1.16 bits per heavy atom. The van der Waals surface area contributed by atoms with E-state index in [1.807, 2.05) is 13.8 Å². The molecule has 0 atom stereocenters. The highest BCUT2D eigenvalue weighted by Gasteiger charge is 2.34. The van der Waals surface area contributed by atoms with Gasteiger partial charge in [0, 0.05) is 25.1 Å². The van der Waals surface area contributed by atoms with Crippen molar-refractivity contribution >= 4 is 17.7 Å². The minimum Gasteiger partial charge on any atom is -0.361 e. The van der Waals surface area contributed by atoms with E-state index in [9.17, 15) is 14.4 Å². The topological polar surface area (TPSA) is 92.5 Å². The van der Waals surface area contributed by atoms with E-state index in [1.165, 1.54) is 0 Å². The fraction of sp³-hybridized carbons (Fsp3) is 0.333. The van der Waals surface area contributed by atoms with Crippen LogP contribution in [-0.2, 0) is 11.2 Å². The summed E-state index contributed by atoms with van der Waals surface area (Å²) in [6.45, 7) is 4.21. The van der Waals surface area contributed by atoms with Crippen LogP contribution < -0.4 is 5.32 Å². The summed E-state index contributed by atoms with van der Waals surface area (Å²) in [5.41, 5.74) is 2.59. The molecule has 1 aliphatic heterocycles. The number of nitrogens with one attached hydrogen (secondary N) is 1. The molecule has 0 radical (unpaired) electrons. The van der Waals surface area contributed by atoms with Gasteiger partial charge in [-0.15, -0.1) is 0 Å². The minimum atomic E-state index is -0.343. The molecule has 25 heavy (non-hydrogen) atoms. The number of rotatable bonds is 6. The van der Waals surface area contributed by atoms with Crippen molar-refractivity contribution in [3.05, 3.63) is 52.4 Å². The summed E-state index contributed by atoms with van der Waals surface area (Å²) in [7, 11) is 0. The molecule has 1 N–H and O–H groups in total. The number of carbonyl (C=O) groups excluding carboxylic acids is 3. The second-order valence-corrected chi connectivity index (χ2v) is 5.96. The van der Waals surface area contributed by atoms with E-state index in [0.717, 1.165) is 21.9 Å². The maximum absolute atomic E-state index is 12.2. The summed E-state index contributed by atoms with van der Waals surface area (Å²) in [5.74, 6) is -0.144. The predicted molar refractivity (Wildman–Crippen MR) is 89.1 cm³/mol. The van der Waals surface area contributed by atoms with Crippen LogP contribution in [0.5, 0.6) is 0 Å². The molecule has 7 nitrogen and oxygen atoms in total. The van der Waals surface area contributed by atoms with Gasteiger partial charge in [-0.2, -0.15) is 0 Å². The molecule has 1 aromatic heterocycles. The molecule has 1 aliphatic rings. The molecule has 2 aromatic rings. The van der Waals surface area contributed by atoms with Gasteiger partial charge in [0.25, 0.3) is 11.8 Å². The number of hydrogen-bond donors (Lipinski definition) is 1. The number of aryl methyl sites for hydroxylation is 2. The normalized spacial score (nSPS) is 13.3. The van der Waals surface area contributed by atoms with Gasteiger partial charge < -0.3 is 9.84 Å². The van der Waals surface area contributed by atoms with Gasteiger partial charge >= 0.3 is 0 Å². The highest BCUT2D eigenvalue weighted by atomic mass is 16.5. The molecule has 130 valence electrons. The van der Waals surface area contributed by atoms with Crippen molar-refractivity contribution in [3.8, 4) is 0 Å². The third-order valence-corrected chi connectivity index (χ3v) is 4.32. The van der Waals surface area contributed by atoms with Crippen molar-refractivity contribution in [1.82, 2.24) is 15.4 Å². The molecule has 0 aliphatic carbocycles. The van der Waals surface area contributed by atoms with Gasteiger partial charge in [0.2, 0.25) is 5.91 Å². The van der Waals surface area contributed by atoms with Crippen LogP contribution in [-0.4, -0.2) is 40.9 Å². The van der Waals surface area contributed by atoms with Crippen molar-refractivity contribution in [2.24, 2.45) is 0 Å². The predicted octanol–water partition coefficient (Wildman–Crippen LogP) is 1.64. The molecule has 1 aromatic carbocycles. The Balaban J connectivity index is 1.49. The number of carbonyl (C=O) groups is 3. The monoisotopic (exact) mass is 341 g/mol. The Labute approximate surface area is 145 Å². The lowest BCUT2D eigenvalue weighted by Gasteiger charge is -2.13. The molecule has 0 saturated heterocycles. The van der Waals surface area contributed by atoms with Gasteiger partial charge in [0.05, 0.1) is 16.8 Å². The molecule has 0 fully saturated rings. The van der Waals surface area contributed by atoms with Gasteiger partial charge in [-0.05, 0) is 32.4 Å². The van der Waals surface area contributed by atoms with Crippen LogP contribution in [0.15, 0.2) is 28.8 Å². The van der Waals surface area contributed by atoms with Crippen LogP contribution in [0.3, 0.4) is 0 Å². The molecule has 7 heteroatoms. The fourth-order valence-corrected chi connectivity index (χ4v) is 2.93. The highest BCUT2D eigenvalue weighted by Crippen LogP contribution is 2.22. The number of amides is 3. The molecule has 0 saturated carbocycles. The number of hydrogen-bond acceptors (Lipinski definition) is 5. The van der Waals surface area contributed by atoms with Gasteiger partial charge in [-0.1, -0.05) is 17.3 Å². The zero-order valence-corrected chi connectivity index (χ0v) is 14.2. The summed E-state index contributed by atoms with van der Waals surface area (Å²) >= 11 is 0. The maximum atomic E-state index is 12.2. The van der Waals surface area contributed by atoms with E-state index >= 15 is 0 Å². The molecular formula is C18H19N3O4. The summed E-state index contributed by atoms with van der Waals surface area (Å²) in [6.07, 6.45) is 0.701. The zero-order chi connectivity index (χ0) is 18.0. The summed E-state index contributed by atoms with van der Waals surface area (Å²) in [4.78, 5) is 37.5. The van der Waals surface area contributed by atoms with Crippen LogP contribution >= 0.6 is 0 Å². The number of nitrogens with zero attached hydrogens (tertiary/aromatic N) is 2. The van der Waals surface area contributed by atoms with Crippen LogP contribution in [0.1, 0.15) is 44.2 Å². The van der Waals surface area contributed by atoms with Crippen molar-refractivity contribution in [3.63, 3.8) is 0 Å². The molecule has 0 spiro atoms. The first-order valence-corrected chi connectivity index (χ1v) is 8.12. The zero-order valence-electron chi connectivity index (χ0n) is 14.2. The Bertz CT molecular complexity index is 786. The van der Waals surface area contributed by atoms with Crippen LogP contribution in [0.4, 0.5) is 0 Å². The number of imide groups is 1. The summed E-state index contributed by atoms with van der Waals surface area (Å²) < 4.78 is 5.08. The van der Waals surface area contributed by atoms with Crippen molar-refractivity contribution in [2.75, 3.05) is 13.1 Å². The average Bonchev–Trinajstić information content (AvgIpc) is 3.05. The third-order valence-electron chi connectivity index (χ3n) is 4.32. The molecule has 2 heterocycles. The van der Waals surface area contributed by atoms with E-state index in [0.29, 0.717) is 24.1 Å². The second kappa shape index (κ2) is 6.88. The Hall–Kier alpha value is -2.96. The van der Waals surface area contributed by atoms with Crippen molar-refractivity contribution < 1.29 is 18.9 Å². The van der Waals surface area contributed by atoms with Crippen LogP contribution in [0.2, 0.25) is 0 Å². The van der Waals surface area contributed by atoms with E-state index in [4.69, 9.17) is 4.52 Å². The summed E-state index contributed by atoms with van der Waals surface area (Å²) in [5, 5.41) is 6.66. The lowest BCUT2D eigenvalue weighted by Crippen LogP contribution is -2.35. The SMILES string of the molecule is Cc1noc(C)c1CCNC(=O)CCN1C(=O)c2ccccc2C1=O. The van der Waals surface area contributed by atoms with E-state index < -0.39 is 0 Å². The maximum Gasteiger partial charge on any atom is 0.261 e. The van der Waals surface area contributed by atoms with Crippen molar-refractivity contribution in [2.45, 2.75) is 26.7 Å². The standard InChI is InChI=1S/C18H19N3O4/c1-11-13(12(2)25-20-11)7-9-19-16(22)8-10-21-17(23)14-5-3-4-6-15(14)18(21)24/h3-6H,7-10H2,1-2H3,(H,19,22). The lowest BCUT2D eigenvalue weighted by atomic mass is 10.1. The van der Waals surface area contributed by atoms with Crippen LogP contribution in [0, 0.1) is 13.8 Å². The number of benzene rings is 1. The van der Waals surface area contributed by atoms with Crippen LogP contribution in [0.25, 0.3) is 0 Å². The molecular weight excluding hydrogens is 322 g/mol. The van der Waals surface area contributed by atoms with Gasteiger partial charge in [0.15, 0.2) is 0 Å². The Morgan fingerprint density at radius 3 is 2.36 bits per heavy atom. The average molecular weight is 341 g/mol. The van der Waals surface area contributed by atoms with E-state index in [1.54, 1.807) is 24.3 Å². The number of aromatic nitrogens is 1. The molecule has 3 rings (SSSR count). The summed E-state index contributed by atoms with van der Waals surface area (Å²) in [6, 6.07) is 6.68. The second-order valence-electron chi connectivity index (χ2n) is 5.96. The highest BCUT2D eigenvalue weighted by molar-refractivity contribution is 6.21. The Morgan fingerprint density at radius 2 is 1.80 bits per heavy atom. The van der Waals surface area contributed by atoms with E-state index in [-0.39, 0.29) is 30.7 Å². The quantitative estimate of drug-likeness (QED) is 0.806. The smallest absolute Gasteiger partial charge is 0.261 e.